The smallest absolute Gasteiger partial charge is 0.320 e. The van der Waals surface area contributed by atoms with E-state index in [1.807, 2.05) is 22.9 Å². The summed E-state index contributed by atoms with van der Waals surface area (Å²) in [4.78, 5) is 16.5. The quantitative estimate of drug-likeness (QED) is 0.760. The van der Waals surface area contributed by atoms with Gasteiger partial charge < -0.3 is 9.80 Å². The van der Waals surface area contributed by atoms with E-state index in [2.05, 4.69) is 48.5 Å². The van der Waals surface area contributed by atoms with Crippen molar-refractivity contribution in [3.05, 3.63) is 71.3 Å². The molecular weight excluding hydrogens is 296 g/mol. The molecule has 0 aliphatic carbocycles. The zero-order chi connectivity index (χ0) is 16.8. The fourth-order valence-corrected chi connectivity index (χ4v) is 3.32. The number of unbranched alkanes of at least 4 members (excludes halogenated alkanes) is 1. The molecule has 1 aliphatic heterocycles. The molecule has 126 valence electrons. The van der Waals surface area contributed by atoms with E-state index in [1.165, 1.54) is 16.7 Å². The molecule has 24 heavy (non-hydrogen) atoms. The van der Waals surface area contributed by atoms with Gasteiger partial charge in [-0.15, -0.1) is 0 Å². The predicted octanol–water partition coefficient (Wildman–Crippen LogP) is 4.12. The molecule has 2 amide bonds. The highest BCUT2D eigenvalue weighted by Crippen LogP contribution is 2.19. The van der Waals surface area contributed by atoms with Crippen molar-refractivity contribution in [3.8, 4) is 0 Å². The van der Waals surface area contributed by atoms with Gasteiger partial charge in [0.15, 0.2) is 0 Å². The first kappa shape index (κ1) is 16.6. The topological polar surface area (TPSA) is 23.6 Å². The maximum Gasteiger partial charge on any atom is 0.320 e. The summed E-state index contributed by atoms with van der Waals surface area (Å²) < 4.78 is 0. The van der Waals surface area contributed by atoms with E-state index < -0.39 is 0 Å². The Morgan fingerprint density at radius 2 is 1.71 bits per heavy atom. The molecule has 0 bridgehead atoms. The fourth-order valence-electron chi connectivity index (χ4n) is 3.32. The molecule has 0 aromatic heterocycles. The minimum Gasteiger partial charge on any atom is -0.328 e. The Balaban J connectivity index is 1.44. The lowest BCUT2D eigenvalue weighted by Crippen LogP contribution is -2.44. The number of nitrogens with zero attached hydrogens (tertiary/aromatic N) is 2. The van der Waals surface area contributed by atoms with Crippen LogP contribution >= 0.6 is 0 Å². The van der Waals surface area contributed by atoms with Crippen LogP contribution in [0, 0.1) is 0 Å². The zero-order valence-electron chi connectivity index (χ0n) is 14.4. The number of urea groups is 1. The zero-order valence-corrected chi connectivity index (χ0v) is 14.4. The lowest BCUT2D eigenvalue weighted by molar-refractivity contribution is 0.157. The molecule has 0 N–H and O–H groups in total. The Bertz CT molecular complexity index is 669. The van der Waals surface area contributed by atoms with Gasteiger partial charge in [0, 0.05) is 26.7 Å². The minimum absolute atomic E-state index is 0.157. The Morgan fingerprint density at radius 1 is 1.00 bits per heavy atom. The maximum absolute atomic E-state index is 12.6. The van der Waals surface area contributed by atoms with Crippen LogP contribution in [-0.2, 0) is 19.4 Å². The van der Waals surface area contributed by atoms with Gasteiger partial charge in [0.2, 0.25) is 0 Å². The number of hydrogen-bond acceptors (Lipinski definition) is 1. The Morgan fingerprint density at radius 3 is 2.50 bits per heavy atom. The highest BCUT2D eigenvalue weighted by Gasteiger charge is 2.22. The van der Waals surface area contributed by atoms with E-state index >= 15 is 0 Å². The van der Waals surface area contributed by atoms with Gasteiger partial charge in [0.25, 0.3) is 0 Å². The lowest BCUT2D eigenvalue weighted by atomic mass is 10.0. The second-order valence-electron chi connectivity index (χ2n) is 6.59. The van der Waals surface area contributed by atoms with Crippen molar-refractivity contribution < 1.29 is 4.79 Å². The average Bonchev–Trinajstić information content (AvgIpc) is 2.65. The first-order chi connectivity index (χ1) is 11.7. The van der Waals surface area contributed by atoms with Crippen molar-refractivity contribution in [1.82, 2.24) is 9.80 Å². The van der Waals surface area contributed by atoms with Crippen LogP contribution in [0.4, 0.5) is 4.79 Å². The SMILES string of the molecule is CN(CCCCc1ccccc1)C(=O)N1CCc2ccccc2C1. The molecule has 1 heterocycles. The Kier molecular flexibility index (Phi) is 5.52. The van der Waals surface area contributed by atoms with E-state index in [1.54, 1.807) is 0 Å². The van der Waals surface area contributed by atoms with Gasteiger partial charge in [0.1, 0.15) is 0 Å². The highest BCUT2D eigenvalue weighted by atomic mass is 16.2. The number of carbonyl (C=O) groups excluding carboxylic acids is 1. The summed E-state index contributed by atoms with van der Waals surface area (Å²) >= 11 is 0. The van der Waals surface area contributed by atoms with E-state index in [0.717, 1.165) is 45.3 Å². The van der Waals surface area contributed by atoms with Crippen molar-refractivity contribution in [1.29, 1.82) is 0 Å². The Hall–Kier alpha value is -2.29. The van der Waals surface area contributed by atoms with E-state index in [-0.39, 0.29) is 6.03 Å². The molecule has 0 fully saturated rings. The van der Waals surface area contributed by atoms with Gasteiger partial charge in [-0.2, -0.15) is 0 Å². The third-order valence-corrected chi connectivity index (χ3v) is 4.78. The van der Waals surface area contributed by atoms with E-state index in [4.69, 9.17) is 0 Å². The molecule has 0 saturated carbocycles. The van der Waals surface area contributed by atoms with Gasteiger partial charge >= 0.3 is 6.03 Å². The van der Waals surface area contributed by atoms with Gasteiger partial charge in [-0.1, -0.05) is 54.6 Å². The second kappa shape index (κ2) is 8.00. The van der Waals surface area contributed by atoms with E-state index in [0.29, 0.717) is 0 Å². The molecule has 3 nitrogen and oxygen atoms in total. The summed E-state index contributed by atoms with van der Waals surface area (Å²) in [7, 11) is 1.92. The van der Waals surface area contributed by atoms with Crippen LogP contribution in [0.3, 0.4) is 0 Å². The van der Waals surface area contributed by atoms with Crippen molar-refractivity contribution in [3.63, 3.8) is 0 Å². The van der Waals surface area contributed by atoms with Crippen molar-refractivity contribution >= 4 is 6.03 Å². The number of carbonyl (C=O) groups is 1. The summed E-state index contributed by atoms with van der Waals surface area (Å²) in [6, 6.07) is 19.1. The summed E-state index contributed by atoms with van der Waals surface area (Å²) in [5.74, 6) is 0. The maximum atomic E-state index is 12.6. The third-order valence-electron chi connectivity index (χ3n) is 4.78. The van der Waals surface area contributed by atoms with Crippen LogP contribution in [0.5, 0.6) is 0 Å². The van der Waals surface area contributed by atoms with Crippen LogP contribution in [0.25, 0.3) is 0 Å². The molecular formula is C21H26N2O. The molecule has 0 unspecified atom stereocenters. The summed E-state index contributed by atoms with van der Waals surface area (Å²) in [5, 5.41) is 0. The molecule has 3 rings (SSSR count). The van der Waals surface area contributed by atoms with Crippen LogP contribution < -0.4 is 0 Å². The van der Waals surface area contributed by atoms with Crippen molar-refractivity contribution in [2.75, 3.05) is 20.1 Å². The molecule has 0 atom stereocenters. The van der Waals surface area contributed by atoms with Gasteiger partial charge in [-0.3, -0.25) is 0 Å². The summed E-state index contributed by atoms with van der Waals surface area (Å²) in [6.07, 6.45) is 4.20. The minimum atomic E-state index is 0.157. The second-order valence-corrected chi connectivity index (χ2v) is 6.59. The Labute approximate surface area is 144 Å². The largest absolute Gasteiger partial charge is 0.328 e. The van der Waals surface area contributed by atoms with Crippen LogP contribution in [0.1, 0.15) is 29.5 Å². The van der Waals surface area contributed by atoms with Crippen molar-refractivity contribution in [2.45, 2.75) is 32.2 Å². The summed E-state index contributed by atoms with van der Waals surface area (Å²) in [5.41, 5.74) is 4.04. The monoisotopic (exact) mass is 322 g/mol. The number of benzene rings is 2. The van der Waals surface area contributed by atoms with Crippen LogP contribution in [0.2, 0.25) is 0 Å². The van der Waals surface area contributed by atoms with Crippen molar-refractivity contribution in [2.24, 2.45) is 0 Å². The first-order valence-corrected chi connectivity index (χ1v) is 8.85. The molecule has 2 aromatic rings. The molecule has 3 heteroatoms. The molecule has 2 aromatic carbocycles. The van der Waals surface area contributed by atoms with Crippen LogP contribution in [0.15, 0.2) is 54.6 Å². The molecule has 0 saturated heterocycles. The lowest BCUT2D eigenvalue weighted by Gasteiger charge is -2.32. The average molecular weight is 322 g/mol. The molecule has 0 spiro atoms. The first-order valence-electron chi connectivity index (χ1n) is 8.85. The third kappa shape index (κ3) is 4.16. The highest BCUT2D eigenvalue weighted by molar-refractivity contribution is 5.74. The summed E-state index contributed by atoms with van der Waals surface area (Å²) in [6.45, 7) is 2.39. The fraction of sp³-hybridized carbons (Fsp3) is 0.381. The predicted molar refractivity (Wildman–Crippen MR) is 98.0 cm³/mol. The number of aryl methyl sites for hydroxylation is 1. The van der Waals surface area contributed by atoms with Gasteiger partial charge in [-0.05, 0) is 42.4 Å². The number of fused-ring (bicyclic) bond motifs is 1. The molecule has 0 radical (unpaired) electrons. The van der Waals surface area contributed by atoms with E-state index in [9.17, 15) is 4.79 Å². The number of rotatable bonds is 5. The molecule has 1 aliphatic rings. The normalized spacial score (nSPS) is 13.5. The van der Waals surface area contributed by atoms with Gasteiger partial charge in [0.05, 0.1) is 0 Å². The number of amides is 2. The van der Waals surface area contributed by atoms with Gasteiger partial charge in [-0.25, -0.2) is 4.79 Å². The number of hydrogen-bond donors (Lipinski definition) is 0. The standard InChI is InChI=1S/C21H26N2O/c1-22(15-8-7-11-18-9-3-2-4-10-18)21(24)23-16-14-19-12-5-6-13-20(19)17-23/h2-6,9-10,12-13H,7-8,11,14-17H2,1H3. The van der Waals surface area contributed by atoms with Crippen LogP contribution in [-0.4, -0.2) is 36.0 Å².